The molecule has 2 rings (SSSR count). The predicted octanol–water partition coefficient (Wildman–Crippen LogP) is 2.38. The molecule has 1 aromatic heterocycles. The molecule has 21 heavy (non-hydrogen) atoms. The van der Waals surface area contributed by atoms with E-state index in [4.69, 9.17) is 5.73 Å². The molecule has 1 fully saturated rings. The molecule has 2 atom stereocenters. The fourth-order valence-corrected chi connectivity index (χ4v) is 2.51. The maximum Gasteiger partial charge on any atom is 0.241 e. The van der Waals surface area contributed by atoms with Crippen LogP contribution in [0.2, 0.25) is 0 Å². The summed E-state index contributed by atoms with van der Waals surface area (Å²) < 4.78 is 0. The summed E-state index contributed by atoms with van der Waals surface area (Å²) in [6.07, 6.45) is 6.36. The smallest absolute Gasteiger partial charge is 0.241 e. The van der Waals surface area contributed by atoms with Crippen molar-refractivity contribution < 1.29 is 4.79 Å². The lowest BCUT2D eigenvalue weighted by Gasteiger charge is -2.27. The fourth-order valence-electron chi connectivity index (χ4n) is 2.51. The minimum atomic E-state index is -0.475. The van der Waals surface area contributed by atoms with Crippen LogP contribution in [-0.2, 0) is 4.79 Å². The number of aromatic nitrogens is 1. The Morgan fingerprint density at radius 2 is 2.10 bits per heavy atom. The molecule has 1 aliphatic heterocycles. The number of nitrogens with one attached hydrogen (secondary N) is 1. The average Bonchev–Trinajstić information content (AvgIpc) is 2.54. The Morgan fingerprint density at radius 3 is 2.67 bits per heavy atom. The highest BCUT2D eigenvalue weighted by Crippen LogP contribution is 2.19. The van der Waals surface area contributed by atoms with Crippen LogP contribution in [0.25, 0.3) is 0 Å². The fraction of sp³-hybridized carbons (Fsp3) is 0.625. The van der Waals surface area contributed by atoms with Gasteiger partial charge in [-0.25, -0.2) is 4.98 Å². The zero-order chi connectivity index (χ0) is 15.2. The summed E-state index contributed by atoms with van der Waals surface area (Å²) in [6, 6.07) is 3.39. The highest BCUT2D eigenvalue weighted by molar-refractivity contribution is 5.94. The molecule has 5 heteroatoms. The molecule has 5 nitrogen and oxygen atoms in total. The monoisotopic (exact) mass is 290 g/mol. The third-order valence-electron chi connectivity index (χ3n) is 4.26. The lowest BCUT2D eigenvalue weighted by molar-refractivity contribution is -0.118. The first-order valence-corrected chi connectivity index (χ1v) is 7.89. The molecule has 0 unspecified atom stereocenters. The van der Waals surface area contributed by atoms with Gasteiger partial charge in [0.25, 0.3) is 0 Å². The molecule has 1 amide bonds. The van der Waals surface area contributed by atoms with Crippen LogP contribution in [0.1, 0.15) is 39.5 Å². The molecule has 1 aromatic rings. The molecule has 0 aliphatic carbocycles. The van der Waals surface area contributed by atoms with E-state index in [0.29, 0.717) is 5.69 Å². The molecule has 0 aromatic carbocycles. The number of nitrogens with zero attached hydrogens (tertiary/aromatic N) is 2. The van der Waals surface area contributed by atoms with Crippen LogP contribution in [-0.4, -0.2) is 30.0 Å². The number of carbonyl (C=O) groups excluding carboxylic acids is 1. The summed E-state index contributed by atoms with van der Waals surface area (Å²) in [5.41, 5.74) is 6.63. The number of pyridine rings is 1. The number of rotatable bonds is 5. The van der Waals surface area contributed by atoms with E-state index >= 15 is 0 Å². The van der Waals surface area contributed by atoms with E-state index in [0.717, 1.165) is 25.3 Å². The lowest BCUT2D eigenvalue weighted by atomic mass is 9.99. The van der Waals surface area contributed by atoms with Gasteiger partial charge < -0.3 is 16.0 Å². The van der Waals surface area contributed by atoms with Crippen molar-refractivity contribution in [2.45, 2.75) is 45.6 Å². The molecule has 1 saturated heterocycles. The Balaban J connectivity index is 1.94. The normalized spacial score (nSPS) is 18.1. The van der Waals surface area contributed by atoms with Gasteiger partial charge in [0.15, 0.2) is 0 Å². The van der Waals surface area contributed by atoms with E-state index in [1.165, 1.54) is 19.3 Å². The molecule has 3 N–H and O–H groups in total. The Labute approximate surface area is 126 Å². The van der Waals surface area contributed by atoms with Gasteiger partial charge in [0.05, 0.1) is 17.9 Å². The molecule has 2 heterocycles. The van der Waals surface area contributed by atoms with E-state index in [-0.39, 0.29) is 11.8 Å². The van der Waals surface area contributed by atoms with Crippen LogP contribution in [0.5, 0.6) is 0 Å². The van der Waals surface area contributed by atoms with Crippen LogP contribution in [0.3, 0.4) is 0 Å². The maximum atomic E-state index is 12.0. The van der Waals surface area contributed by atoms with Gasteiger partial charge in [-0.1, -0.05) is 20.3 Å². The second-order valence-electron chi connectivity index (χ2n) is 5.85. The summed E-state index contributed by atoms with van der Waals surface area (Å²) in [6.45, 7) is 6.16. The summed E-state index contributed by atoms with van der Waals surface area (Å²) >= 11 is 0. The zero-order valence-electron chi connectivity index (χ0n) is 13.0. The summed E-state index contributed by atoms with van der Waals surface area (Å²) in [5, 5.41) is 2.84. The van der Waals surface area contributed by atoms with E-state index in [9.17, 15) is 4.79 Å². The zero-order valence-corrected chi connectivity index (χ0v) is 13.0. The molecule has 0 bridgehead atoms. The molecule has 0 spiro atoms. The highest BCUT2D eigenvalue weighted by Gasteiger charge is 2.19. The standard InChI is InChI=1S/C16H26N4O/c1-3-12(2)15(17)16(21)19-13-7-8-14(18-11-13)20-9-5-4-6-10-20/h7-8,11-12,15H,3-6,9-10,17H2,1-2H3,(H,19,21)/t12-,15-/m0/s1. The van der Waals surface area contributed by atoms with Gasteiger partial charge in [-0.15, -0.1) is 0 Å². The molecular formula is C16H26N4O. The van der Waals surface area contributed by atoms with Crippen LogP contribution in [0.4, 0.5) is 11.5 Å². The molecular weight excluding hydrogens is 264 g/mol. The molecule has 1 aliphatic rings. The van der Waals surface area contributed by atoms with Crippen LogP contribution >= 0.6 is 0 Å². The molecule has 0 saturated carbocycles. The first kappa shape index (κ1) is 15.8. The van der Waals surface area contributed by atoms with Crippen LogP contribution in [0.15, 0.2) is 18.3 Å². The van der Waals surface area contributed by atoms with Crippen LogP contribution < -0.4 is 16.0 Å². The van der Waals surface area contributed by atoms with E-state index in [2.05, 4.69) is 15.2 Å². The van der Waals surface area contributed by atoms with Gasteiger partial charge in [0.1, 0.15) is 5.82 Å². The summed E-state index contributed by atoms with van der Waals surface area (Å²) in [7, 11) is 0. The topological polar surface area (TPSA) is 71.2 Å². The molecule has 0 radical (unpaired) electrons. The van der Waals surface area contributed by atoms with Crippen molar-refractivity contribution in [2.24, 2.45) is 11.7 Å². The van der Waals surface area contributed by atoms with Gasteiger partial charge in [0.2, 0.25) is 5.91 Å². The number of carbonyl (C=O) groups is 1. The van der Waals surface area contributed by atoms with Crippen molar-refractivity contribution in [3.8, 4) is 0 Å². The lowest BCUT2D eigenvalue weighted by Crippen LogP contribution is -2.40. The van der Waals surface area contributed by atoms with Gasteiger partial charge >= 0.3 is 0 Å². The van der Waals surface area contributed by atoms with E-state index in [1.807, 2.05) is 26.0 Å². The van der Waals surface area contributed by atoms with Gasteiger partial charge in [-0.05, 0) is 37.3 Å². The minimum Gasteiger partial charge on any atom is -0.357 e. The number of hydrogen-bond donors (Lipinski definition) is 2. The Bertz CT molecular complexity index is 454. The number of amides is 1. The maximum absolute atomic E-state index is 12.0. The number of hydrogen-bond acceptors (Lipinski definition) is 4. The van der Waals surface area contributed by atoms with Crippen LogP contribution in [0, 0.1) is 5.92 Å². The van der Waals surface area contributed by atoms with Crippen molar-refractivity contribution in [3.05, 3.63) is 18.3 Å². The second-order valence-corrected chi connectivity index (χ2v) is 5.85. The van der Waals surface area contributed by atoms with Crippen molar-refractivity contribution in [1.82, 2.24) is 4.98 Å². The van der Waals surface area contributed by atoms with Crippen molar-refractivity contribution in [1.29, 1.82) is 0 Å². The SMILES string of the molecule is CC[C@H](C)[C@H](N)C(=O)Nc1ccc(N2CCCCC2)nc1. The Kier molecular flexibility index (Phi) is 5.56. The number of piperidine rings is 1. The summed E-state index contributed by atoms with van der Waals surface area (Å²) in [5.74, 6) is 1.02. The van der Waals surface area contributed by atoms with Gasteiger partial charge in [-0.3, -0.25) is 4.79 Å². The quantitative estimate of drug-likeness (QED) is 0.873. The highest BCUT2D eigenvalue weighted by atomic mass is 16.2. The Hall–Kier alpha value is -1.62. The molecule has 116 valence electrons. The average molecular weight is 290 g/mol. The van der Waals surface area contributed by atoms with Crippen molar-refractivity contribution >= 4 is 17.4 Å². The third-order valence-corrected chi connectivity index (χ3v) is 4.26. The Morgan fingerprint density at radius 1 is 1.38 bits per heavy atom. The summed E-state index contributed by atoms with van der Waals surface area (Å²) in [4.78, 5) is 18.8. The van der Waals surface area contributed by atoms with Gasteiger partial charge in [0, 0.05) is 13.1 Å². The third kappa shape index (κ3) is 4.17. The first-order valence-electron chi connectivity index (χ1n) is 7.89. The van der Waals surface area contributed by atoms with Crippen molar-refractivity contribution in [3.63, 3.8) is 0 Å². The number of anilines is 2. The van der Waals surface area contributed by atoms with Crippen molar-refractivity contribution in [2.75, 3.05) is 23.3 Å². The minimum absolute atomic E-state index is 0.142. The van der Waals surface area contributed by atoms with E-state index < -0.39 is 6.04 Å². The second kappa shape index (κ2) is 7.41. The predicted molar refractivity (Wildman–Crippen MR) is 86.4 cm³/mol. The van der Waals surface area contributed by atoms with E-state index in [1.54, 1.807) is 6.20 Å². The largest absolute Gasteiger partial charge is 0.357 e. The number of nitrogens with two attached hydrogens (primary N) is 1. The van der Waals surface area contributed by atoms with Gasteiger partial charge in [-0.2, -0.15) is 0 Å². The first-order chi connectivity index (χ1) is 10.1.